The van der Waals surface area contributed by atoms with Gasteiger partial charge >= 0.3 is 17.9 Å². The lowest BCUT2D eigenvalue weighted by Gasteiger charge is -2.18. The van der Waals surface area contributed by atoms with Crippen molar-refractivity contribution < 1.29 is 28.6 Å². The summed E-state index contributed by atoms with van der Waals surface area (Å²) in [6.45, 7) is 6.57. The van der Waals surface area contributed by atoms with Gasteiger partial charge in [0, 0.05) is 19.3 Å². The van der Waals surface area contributed by atoms with Crippen LogP contribution >= 0.6 is 0 Å². The first kappa shape index (κ1) is 77.1. The van der Waals surface area contributed by atoms with Crippen LogP contribution in [0.5, 0.6) is 0 Å². The van der Waals surface area contributed by atoms with Crippen molar-refractivity contribution in [1.82, 2.24) is 0 Å². The highest BCUT2D eigenvalue weighted by Gasteiger charge is 2.19. The number of allylic oxidation sites excluding steroid dienone is 10. The molecule has 466 valence electrons. The zero-order chi connectivity index (χ0) is 57.8. The Morgan fingerprint density at radius 3 is 0.762 bits per heavy atom. The highest BCUT2D eigenvalue weighted by Crippen LogP contribution is 2.18. The van der Waals surface area contributed by atoms with Crippen molar-refractivity contribution in [3.05, 3.63) is 60.8 Å². The standard InChI is InChI=1S/C74H134O6/c1-4-7-10-13-16-19-22-25-28-30-32-34-35-36-37-38-39-40-42-43-46-49-52-55-58-61-64-67-73(76)79-70-71(69-78-72(75)66-63-60-57-54-51-48-45-27-24-21-18-15-12-9-6-3)80-74(77)68-65-62-59-56-53-50-47-44-41-33-31-29-26-23-20-17-14-11-8-5-2/h9,12,18,21-22,25,27,30,32,45,71H,4-8,10-11,13-17,19-20,23-24,26,28-29,31,33-44,46-70H2,1-3H3/b12-9-,21-18-,25-22-,32-30-,45-27-. The molecule has 0 saturated carbocycles. The minimum Gasteiger partial charge on any atom is -0.462 e. The molecule has 0 aromatic rings. The Labute approximate surface area is 498 Å². The Morgan fingerprint density at radius 1 is 0.263 bits per heavy atom. The number of esters is 3. The minimum atomic E-state index is -0.781. The fourth-order valence-electron chi connectivity index (χ4n) is 10.5. The number of hydrogen-bond acceptors (Lipinski definition) is 6. The molecule has 0 aromatic carbocycles. The van der Waals surface area contributed by atoms with Crippen molar-refractivity contribution in [3.63, 3.8) is 0 Å². The highest BCUT2D eigenvalue weighted by atomic mass is 16.6. The highest BCUT2D eigenvalue weighted by molar-refractivity contribution is 5.71. The van der Waals surface area contributed by atoms with Gasteiger partial charge in [-0.05, 0) is 83.5 Å². The van der Waals surface area contributed by atoms with Gasteiger partial charge in [0.25, 0.3) is 0 Å². The Hall–Kier alpha value is -2.89. The number of carbonyl (C=O) groups excluding carboxylic acids is 3. The summed E-state index contributed by atoms with van der Waals surface area (Å²) in [5.41, 5.74) is 0. The molecular weight excluding hydrogens is 985 g/mol. The number of unbranched alkanes of at least 4 members (excludes halogenated alkanes) is 44. The number of ether oxygens (including phenoxy) is 3. The smallest absolute Gasteiger partial charge is 0.306 e. The molecule has 6 heteroatoms. The lowest BCUT2D eigenvalue weighted by atomic mass is 10.0. The topological polar surface area (TPSA) is 78.9 Å². The summed E-state index contributed by atoms with van der Waals surface area (Å²) in [4.78, 5) is 38.4. The van der Waals surface area contributed by atoms with Crippen LogP contribution in [0.4, 0.5) is 0 Å². The van der Waals surface area contributed by atoms with E-state index in [0.29, 0.717) is 19.3 Å². The van der Waals surface area contributed by atoms with Crippen LogP contribution in [0.25, 0.3) is 0 Å². The summed E-state index contributed by atoms with van der Waals surface area (Å²) in [6.07, 6.45) is 88.2. The van der Waals surface area contributed by atoms with E-state index in [1.165, 1.54) is 231 Å². The fourth-order valence-corrected chi connectivity index (χ4v) is 10.5. The van der Waals surface area contributed by atoms with Gasteiger partial charge in [-0.2, -0.15) is 0 Å². The molecule has 0 aliphatic heterocycles. The van der Waals surface area contributed by atoms with E-state index >= 15 is 0 Å². The molecule has 0 spiro atoms. The van der Waals surface area contributed by atoms with Crippen molar-refractivity contribution in [2.45, 2.75) is 380 Å². The van der Waals surface area contributed by atoms with Crippen LogP contribution in [0, 0.1) is 0 Å². The second kappa shape index (κ2) is 68.6. The summed E-state index contributed by atoms with van der Waals surface area (Å²) in [5, 5.41) is 0. The van der Waals surface area contributed by atoms with Gasteiger partial charge in [-0.3, -0.25) is 14.4 Å². The molecule has 0 saturated heterocycles. The molecule has 0 radical (unpaired) electrons. The van der Waals surface area contributed by atoms with E-state index in [4.69, 9.17) is 14.2 Å². The van der Waals surface area contributed by atoms with E-state index < -0.39 is 6.10 Å². The Morgan fingerprint density at radius 2 is 0.487 bits per heavy atom. The van der Waals surface area contributed by atoms with Gasteiger partial charge in [0.15, 0.2) is 6.10 Å². The third-order valence-electron chi connectivity index (χ3n) is 15.8. The van der Waals surface area contributed by atoms with Crippen LogP contribution in [-0.4, -0.2) is 37.2 Å². The normalized spacial score (nSPS) is 12.4. The second-order valence-corrected chi connectivity index (χ2v) is 23.8. The maximum atomic E-state index is 13.0. The van der Waals surface area contributed by atoms with Crippen molar-refractivity contribution in [2.24, 2.45) is 0 Å². The maximum Gasteiger partial charge on any atom is 0.306 e. The van der Waals surface area contributed by atoms with Crippen LogP contribution in [0.1, 0.15) is 374 Å². The first-order chi connectivity index (χ1) is 39.5. The molecule has 0 N–H and O–H groups in total. The van der Waals surface area contributed by atoms with Crippen LogP contribution in [-0.2, 0) is 28.6 Å². The molecular formula is C74H134O6. The van der Waals surface area contributed by atoms with E-state index in [1.807, 2.05) is 0 Å². The molecule has 0 amide bonds. The van der Waals surface area contributed by atoms with Crippen molar-refractivity contribution in [3.8, 4) is 0 Å². The van der Waals surface area contributed by atoms with Crippen LogP contribution in [0.2, 0.25) is 0 Å². The average Bonchev–Trinajstić information content (AvgIpc) is 3.46. The third kappa shape index (κ3) is 65.9. The van der Waals surface area contributed by atoms with Gasteiger partial charge in [-0.25, -0.2) is 0 Å². The SMILES string of the molecule is CC/C=C\C/C=C\C/C=C\CCCCCCCC(=O)OCC(COC(=O)CCCCCCCCCCCCCCCCC/C=C\C/C=C\CCCCCCC)OC(=O)CCCCCCCCCCCCCCCCCCCCCC. The molecule has 0 aromatic heterocycles. The first-order valence-electron chi connectivity index (χ1n) is 35.3. The van der Waals surface area contributed by atoms with E-state index in [9.17, 15) is 14.4 Å². The summed E-state index contributed by atoms with van der Waals surface area (Å²) >= 11 is 0. The van der Waals surface area contributed by atoms with Crippen LogP contribution in [0.15, 0.2) is 60.8 Å². The monoisotopic (exact) mass is 1120 g/mol. The fraction of sp³-hybridized carbons (Fsp3) is 0.824. The third-order valence-corrected chi connectivity index (χ3v) is 15.8. The summed E-state index contributed by atoms with van der Waals surface area (Å²) in [5.74, 6) is -0.868. The number of carbonyl (C=O) groups is 3. The molecule has 6 nitrogen and oxygen atoms in total. The first-order valence-corrected chi connectivity index (χ1v) is 35.3. The van der Waals surface area contributed by atoms with Crippen molar-refractivity contribution in [2.75, 3.05) is 13.2 Å². The van der Waals surface area contributed by atoms with Gasteiger partial charge in [0.05, 0.1) is 0 Å². The summed E-state index contributed by atoms with van der Waals surface area (Å²) < 4.78 is 17.0. The van der Waals surface area contributed by atoms with E-state index in [0.717, 1.165) is 103 Å². The van der Waals surface area contributed by atoms with Crippen molar-refractivity contribution >= 4 is 17.9 Å². The molecule has 1 unspecified atom stereocenters. The molecule has 1 atom stereocenters. The summed E-state index contributed by atoms with van der Waals surface area (Å²) in [7, 11) is 0. The Balaban J connectivity index is 4.26. The van der Waals surface area contributed by atoms with Gasteiger partial charge < -0.3 is 14.2 Å². The summed E-state index contributed by atoms with van der Waals surface area (Å²) in [6, 6.07) is 0. The lowest BCUT2D eigenvalue weighted by molar-refractivity contribution is -0.167. The zero-order valence-electron chi connectivity index (χ0n) is 53.6. The minimum absolute atomic E-state index is 0.0756. The largest absolute Gasteiger partial charge is 0.462 e. The molecule has 0 rings (SSSR count). The Kier molecular flexibility index (Phi) is 66.1. The van der Waals surface area contributed by atoms with Crippen LogP contribution in [0.3, 0.4) is 0 Å². The predicted molar refractivity (Wildman–Crippen MR) is 348 cm³/mol. The van der Waals surface area contributed by atoms with Crippen molar-refractivity contribution in [1.29, 1.82) is 0 Å². The molecule has 0 bridgehead atoms. The number of rotatable bonds is 65. The second-order valence-electron chi connectivity index (χ2n) is 23.8. The maximum absolute atomic E-state index is 13.0. The predicted octanol–water partition coefficient (Wildman–Crippen LogP) is 24.3. The quantitative estimate of drug-likeness (QED) is 0.0261. The molecule has 80 heavy (non-hydrogen) atoms. The molecule has 0 fully saturated rings. The average molecular weight is 1120 g/mol. The van der Waals surface area contributed by atoms with Crippen LogP contribution < -0.4 is 0 Å². The van der Waals surface area contributed by atoms with Gasteiger partial charge in [-0.1, -0.05) is 332 Å². The van der Waals surface area contributed by atoms with Gasteiger partial charge in [0.2, 0.25) is 0 Å². The van der Waals surface area contributed by atoms with Gasteiger partial charge in [0.1, 0.15) is 13.2 Å². The molecule has 0 aliphatic rings. The number of hydrogen-bond donors (Lipinski definition) is 0. The van der Waals surface area contributed by atoms with E-state index in [2.05, 4.69) is 81.5 Å². The van der Waals surface area contributed by atoms with E-state index in [-0.39, 0.29) is 31.1 Å². The molecule has 0 heterocycles. The lowest BCUT2D eigenvalue weighted by Crippen LogP contribution is -2.30. The zero-order valence-corrected chi connectivity index (χ0v) is 53.6. The van der Waals surface area contributed by atoms with Gasteiger partial charge in [-0.15, -0.1) is 0 Å². The van der Waals surface area contributed by atoms with E-state index in [1.54, 1.807) is 0 Å². The Bertz CT molecular complexity index is 1430. The molecule has 0 aliphatic carbocycles.